The molecule has 1 aliphatic heterocycles. The van der Waals surface area contributed by atoms with Gasteiger partial charge in [-0.2, -0.15) is 4.31 Å². The minimum Gasteiger partial charge on any atom is -0.497 e. The molecule has 0 bridgehead atoms. The van der Waals surface area contributed by atoms with Crippen LogP contribution in [0.2, 0.25) is 0 Å². The third kappa shape index (κ3) is 4.53. The number of benzene rings is 1. The normalized spacial score (nSPS) is 17.3. The summed E-state index contributed by atoms with van der Waals surface area (Å²) in [5, 5.41) is 2.36. The summed E-state index contributed by atoms with van der Waals surface area (Å²) in [7, 11) is -2.38. The van der Waals surface area contributed by atoms with Gasteiger partial charge >= 0.3 is 5.97 Å². The molecule has 1 fully saturated rings. The molecule has 1 aromatic carbocycles. The summed E-state index contributed by atoms with van der Waals surface area (Å²) in [5.74, 6) is 1.46. The number of nitrogens with zero attached hydrogens (tertiary/aromatic N) is 1. The summed E-state index contributed by atoms with van der Waals surface area (Å²) in [4.78, 5) is 23.8. The maximum Gasteiger partial charge on any atom is 0.324 e. The van der Waals surface area contributed by atoms with Crippen LogP contribution in [0.25, 0.3) is 0 Å². The molecule has 0 spiro atoms. The van der Waals surface area contributed by atoms with Gasteiger partial charge in [0.05, 0.1) is 18.6 Å². The molecule has 0 unspecified atom stereocenters. The minimum absolute atomic E-state index is 0.0256. The number of hydrogen-bond donors (Lipinski definition) is 1. The number of methoxy groups -OCH3 is 1. The number of ether oxygens (including phenoxy) is 2. The van der Waals surface area contributed by atoms with Crippen LogP contribution in [0.5, 0.6) is 5.75 Å². The molecule has 140 valence electrons. The Hall–Kier alpha value is -2.57. The number of rotatable bonds is 7. The van der Waals surface area contributed by atoms with E-state index in [1.807, 2.05) is 0 Å². The van der Waals surface area contributed by atoms with Gasteiger partial charge in [0.25, 0.3) is 5.91 Å². The Bertz CT molecular complexity index is 798. The van der Waals surface area contributed by atoms with Gasteiger partial charge in [0.1, 0.15) is 11.8 Å². The Kier molecular flexibility index (Phi) is 6.60. The van der Waals surface area contributed by atoms with E-state index in [0.717, 1.165) is 4.31 Å². The maximum absolute atomic E-state index is 12.8. The topological polar surface area (TPSA) is 102 Å². The van der Waals surface area contributed by atoms with E-state index in [1.165, 1.54) is 31.4 Å². The molecular weight excluding hydrogens is 360 g/mol. The first-order valence-electron chi connectivity index (χ1n) is 7.93. The van der Waals surface area contributed by atoms with Crippen LogP contribution in [-0.2, 0) is 24.3 Å². The van der Waals surface area contributed by atoms with E-state index in [2.05, 4.69) is 11.2 Å². The van der Waals surface area contributed by atoms with Gasteiger partial charge in [-0.05, 0) is 37.1 Å². The van der Waals surface area contributed by atoms with Gasteiger partial charge < -0.3 is 14.8 Å². The number of amides is 1. The van der Waals surface area contributed by atoms with Gasteiger partial charge in [-0.25, -0.2) is 8.42 Å². The summed E-state index contributed by atoms with van der Waals surface area (Å²) in [5.41, 5.74) is 0. The second kappa shape index (κ2) is 8.69. The zero-order chi connectivity index (χ0) is 19.2. The van der Waals surface area contributed by atoms with E-state index in [1.54, 1.807) is 0 Å². The molecule has 8 nitrogen and oxygen atoms in total. The highest BCUT2D eigenvalue weighted by molar-refractivity contribution is 7.89. The summed E-state index contributed by atoms with van der Waals surface area (Å²) < 4.78 is 36.7. The van der Waals surface area contributed by atoms with Crippen LogP contribution in [0.4, 0.5) is 0 Å². The molecule has 0 aromatic heterocycles. The largest absolute Gasteiger partial charge is 0.497 e. The van der Waals surface area contributed by atoms with Crippen molar-refractivity contribution >= 4 is 21.9 Å². The Morgan fingerprint density at radius 1 is 1.35 bits per heavy atom. The quantitative estimate of drug-likeness (QED) is 0.533. The third-order valence-electron chi connectivity index (χ3n) is 3.87. The molecule has 1 amide bonds. The molecule has 1 aromatic rings. The molecule has 1 atom stereocenters. The fraction of sp³-hybridized carbons (Fsp3) is 0.412. The van der Waals surface area contributed by atoms with Gasteiger partial charge in [0.15, 0.2) is 6.61 Å². The van der Waals surface area contributed by atoms with Gasteiger partial charge in [0, 0.05) is 6.54 Å². The highest BCUT2D eigenvalue weighted by Gasteiger charge is 2.40. The van der Waals surface area contributed by atoms with E-state index in [-0.39, 0.29) is 18.0 Å². The smallest absolute Gasteiger partial charge is 0.324 e. The predicted molar refractivity (Wildman–Crippen MR) is 92.7 cm³/mol. The second-order valence-corrected chi connectivity index (χ2v) is 7.43. The van der Waals surface area contributed by atoms with Gasteiger partial charge in [0.2, 0.25) is 10.0 Å². The van der Waals surface area contributed by atoms with Crippen molar-refractivity contribution < 1.29 is 27.5 Å². The van der Waals surface area contributed by atoms with E-state index >= 15 is 0 Å². The summed E-state index contributed by atoms with van der Waals surface area (Å²) in [6.45, 7) is -0.275. The number of carbonyl (C=O) groups is 2. The summed E-state index contributed by atoms with van der Waals surface area (Å²) in [6.07, 6.45) is 5.88. The van der Waals surface area contributed by atoms with Crippen LogP contribution in [0.1, 0.15) is 12.8 Å². The highest BCUT2D eigenvalue weighted by Crippen LogP contribution is 2.27. The van der Waals surface area contributed by atoms with E-state index in [4.69, 9.17) is 15.9 Å². The first kappa shape index (κ1) is 19.8. The lowest BCUT2D eigenvalue weighted by Crippen LogP contribution is -2.42. The Balaban J connectivity index is 2.07. The van der Waals surface area contributed by atoms with Crippen molar-refractivity contribution in [3.8, 4) is 18.1 Å². The van der Waals surface area contributed by atoms with Crippen molar-refractivity contribution in [3.05, 3.63) is 24.3 Å². The molecular formula is C17H20N2O6S. The van der Waals surface area contributed by atoms with E-state index < -0.39 is 34.5 Å². The molecule has 1 saturated heterocycles. The van der Waals surface area contributed by atoms with Crippen molar-refractivity contribution in [1.82, 2.24) is 9.62 Å². The van der Waals surface area contributed by atoms with Crippen molar-refractivity contribution in [1.29, 1.82) is 0 Å². The lowest BCUT2D eigenvalue weighted by Gasteiger charge is -2.22. The number of terminal acetylenes is 1. The maximum atomic E-state index is 12.8. The Labute approximate surface area is 152 Å². The molecule has 1 heterocycles. The summed E-state index contributed by atoms with van der Waals surface area (Å²) >= 11 is 0. The summed E-state index contributed by atoms with van der Waals surface area (Å²) in [6, 6.07) is 4.95. The predicted octanol–water partition coefficient (Wildman–Crippen LogP) is 0.141. The van der Waals surface area contributed by atoms with Crippen LogP contribution in [0, 0.1) is 12.3 Å². The first-order valence-corrected chi connectivity index (χ1v) is 9.37. The lowest BCUT2D eigenvalue weighted by atomic mass is 10.2. The standard InChI is InChI=1S/C17H20N2O6S/c1-3-10-18-16(20)12-25-17(21)15-5-4-11-19(15)26(22,23)14-8-6-13(24-2)7-9-14/h1,6-9,15H,4-5,10-12H2,2H3,(H,18,20)/t15-/m0/s1. The molecule has 0 saturated carbocycles. The molecule has 2 rings (SSSR count). The molecule has 1 N–H and O–H groups in total. The number of hydrogen-bond acceptors (Lipinski definition) is 6. The number of nitrogens with one attached hydrogen (secondary N) is 1. The lowest BCUT2D eigenvalue weighted by molar-refractivity contribution is -0.151. The van der Waals surface area contributed by atoms with Gasteiger partial charge in [-0.15, -0.1) is 6.42 Å². The van der Waals surface area contributed by atoms with Crippen LogP contribution in [0.15, 0.2) is 29.2 Å². The molecule has 9 heteroatoms. The number of esters is 1. The third-order valence-corrected chi connectivity index (χ3v) is 5.80. The molecule has 0 radical (unpaired) electrons. The average molecular weight is 380 g/mol. The van der Waals surface area contributed by atoms with E-state index in [0.29, 0.717) is 18.6 Å². The van der Waals surface area contributed by atoms with Crippen molar-refractivity contribution in [3.63, 3.8) is 0 Å². The molecule has 26 heavy (non-hydrogen) atoms. The van der Waals surface area contributed by atoms with Crippen LogP contribution in [0.3, 0.4) is 0 Å². The monoisotopic (exact) mass is 380 g/mol. The van der Waals surface area contributed by atoms with Crippen molar-refractivity contribution in [2.24, 2.45) is 0 Å². The van der Waals surface area contributed by atoms with Gasteiger partial charge in [-0.1, -0.05) is 5.92 Å². The van der Waals surface area contributed by atoms with Crippen LogP contribution >= 0.6 is 0 Å². The van der Waals surface area contributed by atoms with Gasteiger partial charge in [-0.3, -0.25) is 9.59 Å². The van der Waals surface area contributed by atoms with Crippen molar-refractivity contribution in [2.45, 2.75) is 23.8 Å². The Morgan fingerprint density at radius 3 is 2.65 bits per heavy atom. The van der Waals surface area contributed by atoms with Crippen molar-refractivity contribution in [2.75, 3.05) is 26.8 Å². The van der Waals surface area contributed by atoms with E-state index in [9.17, 15) is 18.0 Å². The fourth-order valence-electron chi connectivity index (χ4n) is 2.58. The zero-order valence-corrected chi connectivity index (χ0v) is 15.1. The van der Waals surface area contributed by atoms with Crippen LogP contribution < -0.4 is 10.1 Å². The molecule has 1 aliphatic rings. The minimum atomic E-state index is -3.86. The average Bonchev–Trinajstić information content (AvgIpc) is 3.15. The number of sulfonamides is 1. The SMILES string of the molecule is C#CCNC(=O)COC(=O)[C@@H]1CCCN1S(=O)(=O)c1ccc(OC)cc1. The highest BCUT2D eigenvalue weighted by atomic mass is 32.2. The first-order chi connectivity index (χ1) is 12.4. The molecule has 0 aliphatic carbocycles. The van der Waals surface area contributed by atoms with Crippen LogP contribution in [-0.4, -0.2) is 57.4 Å². The second-order valence-electron chi connectivity index (χ2n) is 5.54. The number of carbonyl (C=O) groups excluding carboxylic acids is 2. The Morgan fingerprint density at radius 2 is 2.04 bits per heavy atom. The fourth-order valence-corrected chi connectivity index (χ4v) is 4.23. The zero-order valence-electron chi connectivity index (χ0n) is 14.3.